The molecule has 1 aromatic heterocycles. The summed E-state index contributed by atoms with van der Waals surface area (Å²) in [6.07, 6.45) is -4.13. The molecule has 1 N–H and O–H groups in total. The molecule has 0 bridgehead atoms. The van der Waals surface area contributed by atoms with Gasteiger partial charge < -0.3 is 5.11 Å². The summed E-state index contributed by atoms with van der Waals surface area (Å²) >= 11 is 3.14. The number of fused-ring (bicyclic) bond motifs is 1. The van der Waals surface area contributed by atoms with E-state index in [1.807, 2.05) is 6.92 Å². The zero-order valence-corrected chi connectivity index (χ0v) is 19.1. The van der Waals surface area contributed by atoms with Crippen LogP contribution in [0.25, 0.3) is 10.9 Å². The van der Waals surface area contributed by atoms with E-state index in [9.17, 15) is 22.7 Å². The molecule has 0 amide bonds. The van der Waals surface area contributed by atoms with Crippen molar-refractivity contribution in [1.82, 2.24) is 4.98 Å². The first-order valence-electron chi connectivity index (χ1n) is 9.98. The van der Waals surface area contributed by atoms with E-state index < -0.39 is 35.9 Å². The smallest absolute Gasteiger partial charge is 0.380 e. The maximum atomic E-state index is 14.2. The molecule has 0 aliphatic carbocycles. The normalized spacial score (nSPS) is 14.6. The number of hydrogen-bond acceptors (Lipinski definition) is 2. The van der Waals surface area contributed by atoms with Crippen LogP contribution in [0.15, 0.2) is 53.1 Å². The van der Waals surface area contributed by atoms with Gasteiger partial charge in [-0.1, -0.05) is 39.0 Å². The van der Waals surface area contributed by atoms with Crippen molar-refractivity contribution in [2.24, 2.45) is 0 Å². The Morgan fingerprint density at radius 1 is 1.03 bits per heavy atom. The molecule has 0 fully saturated rings. The van der Waals surface area contributed by atoms with Crippen molar-refractivity contribution in [3.05, 3.63) is 75.6 Å². The van der Waals surface area contributed by atoms with E-state index in [1.165, 1.54) is 24.4 Å². The average molecular weight is 498 g/mol. The first kappa shape index (κ1) is 23.7. The van der Waals surface area contributed by atoms with Crippen LogP contribution in [0.3, 0.4) is 0 Å². The Morgan fingerprint density at radius 2 is 1.71 bits per heavy atom. The predicted molar refractivity (Wildman–Crippen MR) is 118 cm³/mol. The van der Waals surface area contributed by atoms with Crippen LogP contribution in [0.4, 0.5) is 17.6 Å². The highest BCUT2D eigenvalue weighted by Gasteiger charge is 2.56. The van der Waals surface area contributed by atoms with Gasteiger partial charge in [0.2, 0.25) is 0 Å². The summed E-state index contributed by atoms with van der Waals surface area (Å²) in [5.74, 6) is -0.467. The number of aliphatic hydroxyl groups is 1. The molecule has 1 atom stereocenters. The van der Waals surface area contributed by atoms with Gasteiger partial charge in [-0.25, -0.2) is 4.39 Å². The third-order valence-electron chi connectivity index (χ3n) is 5.74. The zero-order chi connectivity index (χ0) is 23.0. The van der Waals surface area contributed by atoms with Crippen molar-refractivity contribution in [3.63, 3.8) is 0 Å². The second kappa shape index (κ2) is 8.51. The number of pyridine rings is 1. The van der Waals surface area contributed by atoms with Crippen molar-refractivity contribution in [2.75, 3.05) is 0 Å². The van der Waals surface area contributed by atoms with Crippen LogP contribution in [0, 0.1) is 5.82 Å². The summed E-state index contributed by atoms with van der Waals surface area (Å²) in [4.78, 5) is 4.19. The molecule has 166 valence electrons. The van der Waals surface area contributed by atoms with E-state index in [1.54, 1.807) is 38.1 Å². The third kappa shape index (κ3) is 4.77. The topological polar surface area (TPSA) is 33.1 Å². The quantitative estimate of drug-likeness (QED) is 0.375. The molecule has 3 rings (SSSR count). The fraction of sp³-hybridized carbons (Fsp3) is 0.375. The molecule has 0 saturated carbocycles. The van der Waals surface area contributed by atoms with Gasteiger partial charge >= 0.3 is 6.18 Å². The minimum Gasteiger partial charge on any atom is -0.380 e. The lowest BCUT2D eigenvalue weighted by Gasteiger charge is -2.39. The summed E-state index contributed by atoms with van der Waals surface area (Å²) in [5.41, 5.74) is -1.92. The highest BCUT2D eigenvalue weighted by Crippen LogP contribution is 2.45. The fourth-order valence-electron chi connectivity index (χ4n) is 4.22. The molecule has 31 heavy (non-hydrogen) atoms. The van der Waals surface area contributed by atoms with Crippen LogP contribution in [0.1, 0.15) is 43.9 Å². The summed E-state index contributed by atoms with van der Waals surface area (Å²) < 4.78 is 56.9. The number of hydrogen-bond donors (Lipinski definition) is 1. The maximum absolute atomic E-state index is 14.2. The van der Waals surface area contributed by atoms with E-state index in [-0.39, 0.29) is 4.47 Å². The number of alkyl halides is 3. The molecule has 7 heteroatoms. The van der Waals surface area contributed by atoms with Gasteiger partial charge in [-0.05, 0) is 75.1 Å². The van der Waals surface area contributed by atoms with Crippen molar-refractivity contribution in [2.45, 2.75) is 57.2 Å². The highest BCUT2D eigenvalue weighted by molar-refractivity contribution is 9.10. The second-order valence-corrected chi connectivity index (χ2v) is 9.39. The van der Waals surface area contributed by atoms with Crippen LogP contribution in [-0.2, 0) is 18.3 Å². The Hall–Kier alpha value is -1.99. The van der Waals surface area contributed by atoms with Crippen LogP contribution < -0.4 is 0 Å². The summed E-state index contributed by atoms with van der Waals surface area (Å²) in [6, 6.07) is 11.3. The van der Waals surface area contributed by atoms with Gasteiger partial charge in [-0.3, -0.25) is 4.98 Å². The lowest BCUT2D eigenvalue weighted by molar-refractivity contribution is -0.266. The minimum atomic E-state index is -4.86. The lowest BCUT2D eigenvalue weighted by atomic mass is 9.71. The third-order valence-corrected chi connectivity index (χ3v) is 6.35. The van der Waals surface area contributed by atoms with E-state index in [4.69, 9.17) is 0 Å². The second-order valence-electron chi connectivity index (χ2n) is 8.53. The van der Waals surface area contributed by atoms with Crippen molar-refractivity contribution in [1.29, 1.82) is 0 Å². The molecule has 0 aliphatic heterocycles. The molecular formula is C24H24BrF4NO. The summed E-state index contributed by atoms with van der Waals surface area (Å²) in [5, 5.41) is 11.6. The van der Waals surface area contributed by atoms with Crippen LogP contribution in [-0.4, -0.2) is 21.9 Å². The molecule has 0 aliphatic rings. The number of aryl methyl sites for hydroxylation is 1. The van der Waals surface area contributed by atoms with Gasteiger partial charge in [0.25, 0.3) is 0 Å². The SMILES string of the molecule is CCc1cc(F)c(Br)cc1C(C)(C)CC(O)(Cc1ccnc2ccccc12)C(F)(F)F. The number of benzene rings is 2. The molecule has 2 nitrogen and oxygen atoms in total. The minimum absolute atomic E-state index is 0.184. The molecule has 3 aromatic rings. The van der Waals surface area contributed by atoms with Gasteiger partial charge in [0.1, 0.15) is 5.82 Å². The van der Waals surface area contributed by atoms with Crippen LogP contribution in [0.2, 0.25) is 0 Å². The van der Waals surface area contributed by atoms with Crippen molar-refractivity contribution >= 4 is 26.8 Å². The average Bonchev–Trinajstić information content (AvgIpc) is 2.68. The molecule has 0 saturated heterocycles. The molecule has 2 aromatic carbocycles. The number of para-hydroxylation sites is 1. The van der Waals surface area contributed by atoms with Crippen molar-refractivity contribution in [3.8, 4) is 0 Å². The van der Waals surface area contributed by atoms with E-state index in [0.717, 1.165) is 0 Å². The van der Waals surface area contributed by atoms with Gasteiger partial charge in [0, 0.05) is 18.0 Å². The molecular weight excluding hydrogens is 474 g/mol. The first-order valence-corrected chi connectivity index (χ1v) is 10.8. The summed E-state index contributed by atoms with van der Waals surface area (Å²) in [7, 11) is 0. The Balaban J connectivity index is 2.06. The van der Waals surface area contributed by atoms with Gasteiger partial charge in [0.05, 0.1) is 9.99 Å². The first-order chi connectivity index (χ1) is 14.4. The Bertz CT molecular complexity index is 1090. The zero-order valence-electron chi connectivity index (χ0n) is 17.5. The maximum Gasteiger partial charge on any atom is 0.417 e. The predicted octanol–water partition coefficient (Wildman–Crippen LogP) is 6.90. The Morgan fingerprint density at radius 3 is 2.35 bits per heavy atom. The monoisotopic (exact) mass is 497 g/mol. The summed E-state index contributed by atoms with van der Waals surface area (Å²) in [6.45, 7) is 5.11. The Labute approximate surface area is 187 Å². The molecule has 1 heterocycles. The number of halogens is 5. The van der Waals surface area contributed by atoms with E-state index >= 15 is 0 Å². The van der Waals surface area contributed by atoms with Gasteiger partial charge in [0.15, 0.2) is 5.60 Å². The number of nitrogens with zero attached hydrogens (tertiary/aromatic N) is 1. The molecule has 0 spiro atoms. The number of aromatic nitrogens is 1. The van der Waals surface area contributed by atoms with Crippen LogP contribution >= 0.6 is 15.9 Å². The largest absolute Gasteiger partial charge is 0.417 e. The van der Waals surface area contributed by atoms with E-state index in [2.05, 4.69) is 20.9 Å². The van der Waals surface area contributed by atoms with Crippen LogP contribution in [0.5, 0.6) is 0 Å². The highest BCUT2D eigenvalue weighted by atomic mass is 79.9. The molecule has 0 radical (unpaired) electrons. The lowest BCUT2D eigenvalue weighted by Crippen LogP contribution is -2.51. The van der Waals surface area contributed by atoms with Gasteiger partial charge in [-0.2, -0.15) is 13.2 Å². The van der Waals surface area contributed by atoms with Crippen molar-refractivity contribution < 1.29 is 22.7 Å². The Kier molecular flexibility index (Phi) is 6.50. The van der Waals surface area contributed by atoms with Gasteiger partial charge in [-0.15, -0.1) is 0 Å². The molecule has 1 unspecified atom stereocenters. The standard InChI is InChI=1S/C24H24BrF4NO/c1-4-15-11-20(26)19(25)12-18(15)22(2,3)14-23(31,24(27,28)29)13-16-9-10-30-21-8-6-5-7-17(16)21/h5-12,31H,4,13-14H2,1-3H3. The fourth-order valence-corrected chi connectivity index (χ4v) is 4.57. The van der Waals surface area contributed by atoms with E-state index in [0.29, 0.717) is 34.0 Å². The number of rotatable bonds is 6.